The lowest BCUT2D eigenvalue weighted by atomic mass is 10.1. The summed E-state index contributed by atoms with van der Waals surface area (Å²) < 4.78 is 0. The Morgan fingerprint density at radius 2 is 1.55 bits per heavy atom. The van der Waals surface area contributed by atoms with E-state index >= 15 is 0 Å². The van der Waals surface area contributed by atoms with Crippen molar-refractivity contribution in [2.24, 2.45) is 15.1 Å². The summed E-state index contributed by atoms with van der Waals surface area (Å²) in [5.74, 6) is 0. The van der Waals surface area contributed by atoms with Crippen LogP contribution in [0.2, 0.25) is 0 Å². The number of nitrogens with zero attached hydrogens (tertiary/aromatic N) is 11. The first-order chi connectivity index (χ1) is 15.9. The number of hydrogen-bond acceptors (Lipinski definition) is 12. The molecule has 0 aliphatic carbocycles. The summed E-state index contributed by atoms with van der Waals surface area (Å²) in [5, 5.41) is 59.1. The molecular formula is C21H10N12. The molecule has 12 heteroatoms. The van der Waals surface area contributed by atoms with Crippen LogP contribution in [0, 0.1) is 74.9 Å². The van der Waals surface area contributed by atoms with Gasteiger partial charge in [-0.2, -0.15) is 36.7 Å². The number of allylic oxidation sites excluding steroid dienone is 1. The second kappa shape index (κ2) is 10.2. The largest absolute Gasteiger partial charge is 0.273 e. The molecule has 0 aliphatic rings. The third-order valence-corrected chi connectivity index (χ3v) is 4.01. The molecule has 0 unspecified atom stereocenters. The molecule has 0 amide bonds. The number of hydrazone groups is 1. The second-order valence-electron chi connectivity index (χ2n) is 6.01. The number of nitrogens with one attached hydrogen (secondary N) is 1. The summed E-state index contributed by atoms with van der Waals surface area (Å²) >= 11 is 0. The maximum absolute atomic E-state index is 9.44. The lowest BCUT2D eigenvalue weighted by Crippen LogP contribution is -2.03. The van der Waals surface area contributed by atoms with Crippen LogP contribution in [-0.2, 0) is 0 Å². The Labute approximate surface area is 187 Å². The lowest BCUT2D eigenvalue weighted by molar-refractivity contribution is 1.18. The molecule has 154 valence electrons. The highest BCUT2D eigenvalue weighted by Crippen LogP contribution is 2.44. The molecule has 0 aliphatic heterocycles. The van der Waals surface area contributed by atoms with Crippen molar-refractivity contribution in [1.82, 2.24) is 9.97 Å². The van der Waals surface area contributed by atoms with Gasteiger partial charge in [-0.25, -0.2) is 20.0 Å². The van der Waals surface area contributed by atoms with Crippen molar-refractivity contribution in [3.8, 4) is 36.4 Å². The van der Waals surface area contributed by atoms with Crippen LogP contribution < -0.4 is 5.43 Å². The quantitative estimate of drug-likeness (QED) is 0.418. The van der Waals surface area contributed by atoms with E-state index in [1.54, 1.807) is 37.3 Å². The van der Waals surface area contributed by atoms with E-state index in [1.165, 1.54) is 6.92 Å². The highest BCUT2D eigenvalue weighted by atomic mass is 15.3. The zero-order valence-corrected chi connectivity index (χ0v) is 17.2. The van der Waals surface area contributed by atoms with E-state index in [4.69, 9.17) is 10.5 Å². The van der Waals surface area contributed by atoms with Crippen LogP contribution in [0.5, 0.6) is 0 Å². The van der Waals surface area contributed by atoms with E-state index in [9.17, 15) is 21.0 Å². The summed E-state index contributed by atoms with van der Waals surface area (Å²) in [5.41, 5.74) is 1.99. The molecule has 33 heavy (non-hydrogen) atoms. The highest BCUT2D eigenvalue weighted by Gasteiger charge is 2.23. The van der Waals surface area contributed by atoms with Crippen molar-refractivity contribution in [2.75, 3.05) is 5.43 Å². The number of nitriles is 6. The van der Waals surface area contributed by atoms with E-state index in [0.717, 1.165) is 6.21 Å². The summed E-state index contributed by atoms with van der Waals surface area (Å²) in [6.07, 6.45) is 0.877. The van der Waals surface area contributed by atoms with Crippen molar-refractivity contribution < 1.29 is 0 Å². The molecule has 2 aromatic rings. The Kier molecular flexibility index (Phi) is 7.20. The number of benzene rings is 1. The van der Waals surface area contributed by atoms with E-state index < -0.39 is 0 Å². The highest BCUT2D eigenvalue weighted by molar-refractivity contribution is 6.16. The third-order valence-electron chi connectivity index (χ3n) is 4.01. The molecule has 0 spiro atoms. The monoisotopic (exact) mass is 430 g/mol. The van der Waals surface area contributed by atoms with Crippen LogP contribution in [-0.4, -0.2) is 27.6 Å². The SMILES string of the molecule is C=C(C#N)/C(C#N)=N\c1c(NN=CC#N)c(/N=C(\C)C#N)c2nc(C#N)c(C#N)nc2c1C. The zero-order chi connectivity index (χ0) is 24.5. The summed E-state index contributed by atoms with van der Waals surface area (Å²) in [7, 11) is 0. The van der Waals surface area contributed by atoms with Gasteiger partial charge in [-0.3, -0.25) is 5.43 Å². The van der Waals surface area contributed by atoms with Gasteiger partial charge in [0.2, 0.25) is 0 Å². The maximum Gasteiger partial charge on any atom is 0.177 e. The second-order valence-corrected chi connectivity index (χ2v) is 6.01. The van der Waals surface area contributed by atoms with Crippen molar-refractivity contribution in [2.45, 2.75) is 13.8 Å². The number of anilines is 1. The Balaban J connectivity index is 3.23. The minimum absolute atomic E-state index is 0.00555. The first-order valence-electron chi connectivity index (χ1n) is 8.75. The molecule has 0 bridgehead atoms. The number of aliphatic imine (C=N–C) groups is 2. The molecule has 1 heterocycles. The van der Waals surface area contributed by atoms with E-state index in [0.29, 0.717) is 5.56 Å². The topological polar surface area (TPSA) is 218 Å². The van der Waals surface area contributed by atoms with Gasteiger partial charge in [0, 0.05) is 5.56 Å². The van der Waals surface area contributed by atoms with E-state index in [2.05, 4.69) is 37.1 Å². The average molecular weight is 430 g/mol. The average Bonchev–Trinajstić information content (AvgIpc) is 2.84. The number of aryl methyl sites for hydroxylation is 1. The van der Waals surface area contributed by atoms with Crippen molar-refractivity contribution in [3.63, 3.8) is 0 Å². The molecule has 0 saturated heterocycles. The van der Waals surface area contributed by atoms with Gasteiger partial charge in [-0.05, 0) is 13.8 Å². The Hall–Kier alpha value is -5.95. The van der Waals surface area contributed by atoms with Crippen molar-refractivity contribution in [1.29, 1.82) is 31.6 Å². The molecule has 0 fully saturated rings. The first kappa shape index (κ1) is 23.3. The zero-order valence-electron chi connectivity index (χ0n) is 17.2. The minimum atomic E-state index is -0.318. The first-order valence-corrected chi connectivity index (χ1v) is 8.75. The van der Waals surface area contributed by atoms with Gasteiger partial charge in [-0.1, -0.05) is 6.58 Å². The molecule has 1 aromatic heterocycles. The molecule has 1 N–H and O–H groups in total. The summed E-state index contributed by atoms with van der Waals surface area (Å²) in [4.78, 5) is 16.8. The van der Waals surface area contributed by atoms with Crippen LogP contribution in [0.4, 0.5) is 17.1 Å². The molecular weight excluding hydrogens is 420 g/mol. The van der Waals surface area contributed by atoms with Crippen LogP contribution in [0.25, 0.3) is 11.0 Å². The van der Waals surface area contributed by atoms with Crippen LogP contribution in [0.15, 0.2) is 27.2 Å². The fourth-order valence-corrected chi connectivity index (χ4v) is 2.55. The third kappa shape index (κ3) is 4.63. The number of rotatable bonds is 5. The number of fused-ring (bicyclic) bond motifs is 1. The van der Waals surface area contributed by atoms with Crippen molar-refractivity contribution >= 4 is 45.7 Å². The van der Waals surface area contributed by atoms with Gasteiger partial charge in [0.1, 0.15) is 65.2 Å². The van der Waals surface area contributed by atoms with Crippen LogP contribution in [0.1, 0.15) is 23.9 Å². The van der Waals surface area contributed by atoms with Crippen molar-refractivity contribution in [3.05, 3.63) is 29.1 Å². The van der Waals surface area contributed by atoms with Gasteiger partial charge >= 0.3 is 0 Å². The Morgan fingerprint density at radius 1 is 0.909 bits per heavy atom. The maximum atomic E-state index is 9.44. The van der Waals surface area contributed by atoms with Gasteiger partial charge in [0.25, 0.3) is 0 Å². The molecule has 0 saturated carbocycles. The smallest absolute Gasteiger partial charge is 0.177 e. The normalized spacial score (nSPS) is 10.9. The van der Waals surface area contributed by atoms with Gasteiger partial charge in [0.05, 0.1) is 16.8 Å². The lowest BCUT2D eigenvalue weighted by Gasteiger charge is -2.15. The molecule has 12 nitrogen and oxygen atoms in total. The Morgan fingerprint density at radius 3 is 2.06 bits per heavy atom. The molecule has 2 rings (SSSR count). The minimum Gasteiger partial charge on any atom is -0.273 e. The molecule has 0 radical (unpaired) electrons. The van der Waals surface area contributed by atoms with Gasteiger partial charge in [-0.15, -0.1) is 0 Å². The fourth-order valence-electron chi connectivity index (χ4n) is 2.55. The summed E-state index contributed by atoms with van der Waals surface area (Å²) in [6.45, 7) is 6.45. The van der Waals surface area contributed by atoms with Gasteiger partial charge < -0.3 is 0 Å². The van der Waals surface area contributed by atoms with E-state index in [1.807, 2.05) is 6.07 Å². The number of aromatic nitrogens is 2. The number of hydrogen-bond donors (Lipinski definition) is 1. The molecule has 1 aromatic carbocycles. The van der Waals surface area contributed by atoms with E-state index in [-0.39, 0.29) is 56.5 Å². The standard InChI is InChI=1S/C21H10N12/c1-11(6-23)14(8-25)30-18-13(3)17-19(32-16(10-27)15(9-26)31-17)20(29-12(2)7-24)21(18)33-28-5-4-22/h5,33H,1H2,2-3H3/b28-5?,29-12+,30-14-. The summed E-state index contributed by atoms with van der Waals surface area (Å²) in [6, 6.07) is 10.6. The fraction of sp³-hybridized carbons (Fsp3) is 0.0952. The van der Waals surface area contributed by atoms with Crippen LogP contribution in [0.3, 0.4) is 0 Å². The predicted molar refractivity (Wildman–Crippen MR) is 117 cm³/mol. The van der Waals surface area contributed by atoms with Gasteiger partial charge in [0.15, 0.2) is 17.1 Å². The van der Waals surface area contributed by atoms with Crippen LogP contribution >= 0.6 is 0 Å². The predicted octanol–water partition coefficient (Wildman–Crippen LogP) is 2.89. The molecule has 0 atom stereocenters. The Bertz CT molecular complexity index is 1530.